The molecule has 5 aliphatic rings. The lowest BCUT2D eigenvalue weighted by Crippen LogP contribution is -2.58. The third kappa shape index (κ3) is 1.49. The Labute approximate surface area is 112 Å². The van der Waals surface area contributed by atoms with E-state index in [0.717, 1.165) is 23.8 Å². The Hall–Kier alpha value is -0.0400. The average Bonchev–Trinajstić information content (AvgIpc) is 2.80. The lowest BCUT2D eigenvalue weighted by atomic mass is 9.42. The van der Waals surface area contributed by atoms with E-state index < -0.39 is 0 Å². The van der Waals surface area contributed by atoms with E-state index in [2.05, 4.69) is 19.2 Å². The van der Waals surface area contributed by atoms with Gasteiger partial charge in [0.05, 0.1) is 0 Å². The number of hydrogen-bond donors (Lipinski definition) is 1. The molecule has 0 aromatic carbocycles. The molecule has 1 nitrogen and oxygen atoms in total. The maximum atomic E-state index is 3.82. The topological polar surface area (TPSA) is 12.0 Å². The molecule has 102 valence electrons. The summed E-state index contributed by atoms with van der Waals surface area (Å²) in [7, 11) is 0. The monoisotopic (exact) mass is 247 g/mol. The first-order valence-corrected chi connectivity index (χ1v) is 8.32. The van der Waals surface area contributed by atoms with Gasteiger partial charge >= 0.3 is 0 Å². The summed E-state index contributed by atoms with van der Waals surface area (Å²) in [6, 6.07) is 0.800. The Morgan fingerprint density at radius 2 is 1.50 bits per heavy atom. The molecule has 1 aliphatic heterocycles. The fraction of sp³-hybridized carbons (Fsp3) is 1.00. The van der Waals surface area contributed by atoms with Crippen molar-refractivity contribution in [2.24, 2.45) is 28.6 Å². The molecular formula is C17H29N. The van der Waals surface area contributed by atoms with E-state index in [1.54, 1.807) is 38.5 Å². The molecule has 0 radical (unpaired) electrons. The van der Waals surface area contributed by atoms with Crippen molar-refractivity contribution < 1.29 is 0 Å². The van der Waals surface area contributed by atoms with Crippen molar-refractivity contribution in [3.63, 3.8) is 0 Å². The highest BCUT2D eigenvalue weighted by Crippen LogP contribution is 2.66. The second-order valence-corrected chi connectivity index (χ2v) is 8.57. The van der Waals surface area contributed by atoms with Gasteiger partial charge in [-0.15, -0.1) is 0 Å². The van der Waals surface area contributed by atoms with Crippen LogP contribution in [0.3, 0.4) is 0 Å². The molecule has 4 saturated carbocycles. The van der Waals surface area contributed by atoms with Crippen LogP contribution in [-0.2, 0) is 0 Å². The number of hydrogen-bond acceptors (Lipinski definition) is 1. The van der Waals surface area contributed by atoms with Gasteiger partial charge in [-0.3, -0.25) is 0 Å². The predicted molar refractivity (Wildman–Crippen MR) is 75.4 cm³/mol. The Balaban J connectivity index is 1.66. The van der Waals surface area contributed by atoms with Crippen molar-refractivity contribution in [1.29, 1.82) is 0 Å². The van der Waals surface area contributed by atoms with Crippen LogP contribution in [-0.4, -0.2) is 12.6 Å². The number of rotatable bonds is 2. The van der Waals surface area contributed by atoms with Crippen LogP contribution in [0, 0.1) is 28.6 Å². The Morgan fingerprint density at radius 3 is 1.94 bits per heavy atom. The maximum absolute atomic E-state index is 3.82. The third-order valence-corrected chi connectivity index (χ3v) is 7.34. The maximum Gasteiger partial charge on any atom is 0.0124 e. The fourth-order valence-electron chi connectivity index (χ4n) is 6.57. The van der Waals surface area contributed by atoms with Crippen LogP contribution >= 0.6 is 0 Å². The van der Waals surface area contributed by atoms with Crippen molar-refractivity contribution in [2.45, 2.75) is 71.3 Å². The lowest BCUT2D eigenvalue weighted by Gasteiger charge is -2.64. The minimum atomic E-state index is 0.527. The molecule has 1 unspecified atom stereocenters. The molecule has 4 aliphatic carbocycles. The smallest absolute Gasteiger partial charge is 0.0124 e. The molecule has 1 heteroatoms. The van der Waals surface area contributed by atoms with Crippen LogP contribution in [0.1, 0.15) is 65.2 Å². The van der Waals surface area contributed by atoms with Gasteiger partial charge in [0.2, 0.25) is 0 Å². The Kier molecular flexibility index (Phi) is 2.45. The standard InChI is InChI=1S/C17H29N/c1-16(2,15-4-3-5-18-15)17-9-12-6-13(10-17)8-14(7-12)11-17/h12-15,18H,3-11H2,1-2H3. The van der Waals surface area contributed by atoms with Crippen molar-refractivity contribution in [1.82, 2.24) is 5.32 Å². The quantitative estimate of drug-likeness (QED) is 0.778. The van der Waals surface area contributed by atoms with Gasteiger partial charge in [-0.25, -0.2) is 0 Å². The van der Waals surface area contributed by atoms with E-state index in [-0.39, 0.29) is 0 Å². The first kappa shape index (κ1) is 11.8. The van der Waals surface area contributed by atoms with Crippen LogP contribution in [0.25, 0.3) is 0 Å². The zero-order valence-corrected chi connectivity index (χ0v) is 12.2. The molecule has 1 atom stereocenters. The highest BCUT2D eigenvalue weighted by Gasteiger charge is 2.58. The molecule has 0 amide bonds. The molecule has 18 heavy (non-hydrogen) atoms. The molecular weight excluding hydrogens is 218 g/mol. The molecule has 5 fully saturated rings. The van der Waals surface area contributed by atoms with Crippen molar-refractivity contribution in [3.05, 3.63) is 0 Å². The van der Waals surface area contributed by atoms with Gasteiger partial charge in [-0.1, -0.05) is 13.8 Å². The van der Waals surface area contributed by atoms with Crippen LogP contribution in [0.2, 0.25) is 0 Å². The van der Waals surface area contributed by atoms with E-state index in [0.29, 0.717) is 10.8 Å². The largest absolute Gasteiger partial charge is 0.313 e. The SMILES string of the molecule is CC(C)(C1CCCN1)C12CC3CC(CC(C3)C1)C2. The van der Waals surface area contributed by atoms with Gasteiger partial charge in [0.15, 0.2) is 0 Å². The van der Waals surface area contributed by atoms with Gasteiger partial charge in [-0.2, -0.15) is 0 Å². The zero-order chi connectivity index (χ0) is 12.4. The van der Waals surface area contributed by atoms with E-state index in [1.807, 2.05) is 0 Å². The molecule has 1 saturated heterocycles. The number of nitrogens with one attached hydrogen (secondary N) is 1. The zero-order valence-electron chi connectivity index (χ0n) is 12.2. The molecule has 5 rings (SSSR count). The first-order valence-electron chi connectivity index (χ1n) is 8.32. The summed E-state index contributed by atoms with van der Waals surface area (Å²) in [5.74, 6) is 3.28. The van der Waals surface area contributed by atoms with Gasteiger partial charge in [0.25, 0.3) is 0 Å². The lowest BCUT2D eigenvalue weighted by molar-refractivity contribution is -0.129. The molecule has 0 aromatic heterocycles. The Morgan fingerprint density at radius 1 is 0.944 bits per heavy atom. The van der Waals surface area contributed by atoms with Gasteiger partial charge < -0.3 is 5.32 Å². The van der Waals surface area contributed by atoms with Crippen LogP contribution in [0.15, 0.2) is 0 Å². The summed E-state index contributed by atoms with van der Waals surface area (Å²) < 4.78 is 0. The Bertz CT molecular complexity index is 302. The van der Waals surface area contributed by atoms with Crippen molar-refractivity contribution in [2.75, 3.05) is 6.54 Å². The van der Waals surface area contributed by atoms with Crippen molar-refractivity contribution in [3.8, 4) is 0 Å². The van der Waals surface area contributed by atoms with E-state index in [9.17, 15) is 0 Å². The van der Waals surface area contributed by atoms with Crippen LogP contribution in [0.5, 0.6) is 0 Å². The van der Waals surface area contributed by atoms with Crippen molar-refractivity contribution >= 4 is 0 Å². The molecule has 0 spiro atoms. The van der Waals surface area contributed by atoms with Gasteiger partial charge in [-0.05, 0) is 86.5 Å². The highest BCUT2D eigenvalue weighted by atomic mass is 15.0. The van der Waals surface area contributed by atoms with E-state index >= 15 is 0 Å². The average molecular weight is 247 g/mol. The van der Waals surface area contributed by atoms with Gasteiger partial charge in [0.1, 0.15) is 0 Å². The summed E-state index contributed by atoms with van der Waals surface area (Å²) in [6.07, 6.45) is 12.2. The fourth-order valence-corrected chi connectivity index (χ4v) is 6.57. The summed E-state index contributed by atoms with van der Waals surface area (Å²) in [5, 5.41) is 3.82. The molecule has 1 heterocycles. The minimum Gasteiger partial charge on any atom is -0.313 e. The summed E-state index contributed by atoms with van der Waals surface area (Å²) in [5.41, 5.74) is 1.23. The highest BCUT2D eigenvalue weighted by molar-refractivity contribution is 5.10. The van der Waals surface area contributed by atoms with E-state index in [4.69, 9.17) is 0 Å². The van der Waals surface area contributed by atoms with E-state index in [1.165, 1.54) is 19.4 Å². The van der Waals surface area contributed by atoms with Gasteiger partial charge in [0, 0.05) is 6.04 Å². The van der Waals surface area contributed by atoms with Crippen LogP contribution < -0.4 is 5.32 Å². The molecule has 4 bridgehead atoms. The summed E-state index contributed by atoms with van der Waals surface area (Å²) in [6.45, 7) is 6.46. The summed E-state index contributed by atoms with van der Waals surface area (Å²) in [4.78, 5) is 0. The molecule has 1 N–H and O–H groups in total. The summed E-state index contributed by atoms with van der Waals surface area (Å²) >= 11 is 0. The first-order chi connectivity index (χ1) is 8.59. The second-order valence-electron chi connectivity index (χ2n) is 8.57. The minimum absolute atomic E-state index is 0.527. The molecule has 0 aromatic rings. The normalized spacial score (nSPS) is 51.0. The second kappa shape index (κ2) is 3.75. The predicted octanol–water partition coefficient (Wildman–Crippen LogP) is 3.98. The van der Waals surface area contributed by atoms with Crippen LogP contribution in [0.4, 0.5) is 0 Å². The third-order valence-electron chi connectivity index (χ3n) is 7.34.